The minimum Gasteiger partial charge on any atom is -0.336 e. The maximum absolute atomic E-state index is 12.9. The van der Waals surface area contributed by atoms with E-state index in [4.69, 9.17) is 0 Å². The molecule has 22 heavy (non-hydrogen) atoms. The van der Waals surface area contributed by atoms with Gasteiger partial charge in [-0.3, -0.25) is 9.69 Å². The van der Waals surface area contributed by atoms with Crippen LogP contribution in [0, 0.1) is 0 Å². The lowest BCUT2D eigenvalue weighted by molar-refractivity contribution is -0.136. The van der Waals surface area contributed by atoms with Crippen molar-refractivity contribution in [3.63, 3.8) is 0 Å². The van der Waals surface area contributed by atoms with Gasteiger partial charge in [0.1, 0.15) is 11.9 Å². The zero-order valence-electron chi connectivity index (χ0n) is 13.8. The third-order valence-corrected chi connectivity index (χ3v) is 5.17. The number of aromatic nitrogens is 2. The molecule has 2 aliphatic rings. The summed E-state index contributed by atoms with van der Waals surface area (Å²) in [6, 6.07) is 1.05. The number of nitrogens with one attached hydrogen (secondary N) is 1. The minimum absolute atomic E-state index is 0.0365. The van der Waals surface area contributed by atoms with Gasteiger partial charge in [-0.1, -0.05) is 0 Å². The molecule has 0 radical (unpaired) electrons. The molecule has 6 heteroatoms. The van der Waals surface area contributed by atoms with Crippen molar-refractivity contribution >= 4 is 5.91 Å². The number of amides is 1. The number of carbonyl (C=O) groups excluding carboxylic acids is 1. The summed E-state index contributed by atoms with van der Waals surface area (Å²) < 4.78 is 2.01. The van der Waals surface area contributed by atoms with Crippen molar-refractivity contribution in [2.75, 3.05) is 26.2 Å². The molecule has 1 N–H and O–H groups in total. The van der Waals surface area contributed by atoms with E-state index in [9.17, 15) is 4.79 Å². The number of hydrogen-bond donors (Lipinski definition) is 1. The average Bonchev–Trinajstić information content (AvgIpc) is 3.07. The summed E-state index contributed by atoms with van der Waals surface area (Å²) in [6.07, 6.45) is 6.13. The fraction of sp³-hybridized carbons (Fsp3) is 0.750. The van der Waals surface area contributed by atoms with Crippen LogP contribution in [0.4, 0.5) is 0 Å². The Morgan fingerprint density at radius 2 is 2.09 bits per heavy atom. The molecule has 3 atom stereocenters. The lowest BCUT2D eigenvalue weighted by Gasteiger charge is -2.37. The maximum atomic E-state index is 12.9. The highest BCUT2D eigenvalue weighted by Gasteiger charge is 2.34. The van der Waals surface area contributed by atoms with Gasteiger partial charge in [-0.15, -0.1) is 0 Å². The maximum Gasteiger partial charge on any atom is 0.237 e. The number of carbonyl (C=O) groups is 1. The predicted octanol–water partition coefficient (Wildman–Crippen LogP) is 0.766. The quantitative estimate of drug-likeness (QED) is 0.896. The molecule has 1 aromatic heterocycles. The van der Waals surface area contributed by atoms with E-state index in [1.54, 1.807) is 6.20 Å². The first-order valence-corrected chi connectivity index (χ1v) is 8.31. The van der Waals surface area contributed by atoms with Gasteiger partial charge in [0.2, 0.25) is 5.91 Å². The Labute approximate surface area is 132 Å². The van der Waals surface area contributed by atoms with Crippen LogP contribution >= 0.6 is 0 Å². The number of rotatable bonds is 3. The first-order valence-electron chi connectivity index (χ1n) is 8.31. The Morgan fingerprint density at radius 3 is 2.73 bits per heavy atom. The molecule has 3 heterocycles. The number of hydrogen-bond acceptors (Lipinski definition) is 4. The van der Waals surface area contributed by atoms with Gasteiger partial charge in [0.25, 0.3) is 0 Å². The molecule has 0 saturated carbocycles. The van der Waals surface area contributed by atoms with Crippen molar-refractivity contribution in [2.45, 2.75) is 44.8 Å². The molecule has 6 nitrogen and oxygen atoms in total. The summed E-state index contributed by atoms with van der Waals surface area (Å²) >= 11 is 0. The van der Waals surface area contributed by atoms with Gasteiger partial charge < -0.3 is 14.8 Å². The van der Waals surface area contributed by atoms with E-state index < -0.39 is 0 Å². The van der Waals surface area contributed by atoms with Gasteiger partial charge in [-0.2, -0.15) is 0 Å². The second-order valence-corrected chi connectivity index (χ2v) is 6.65. The molecular weight excluding hydrogens is 278 g/mol. The molecule has 0 aliphatic carbocycles. The number of imidazole rings is 1. The second-order valence-electron chi connectivity index (χ2n) is 6.65. The van der Waals surface area contributed by atoms with Crippen LogP contribution in [0.2, 0.25) is 0 Å². The lowest BCUT2D eigenvalue weighted by Crippen LogP contribution is -2.52. The fourth-order valence-corrected chi connectivity index (χ4v) is 3.74. The van der Waals surface area contributed by atoms with Gasteiger partial charge in [0, 0.05) is 51.2 Å². The van der Waals surface area contributed by atoms with Crippen LogP contribution < -0.4 is 5.32 Å². The number of piperazine rings is 1. The lowest BCUT2D eigenvalue weighted by atomic mass is 10.1. The molecule has 1 amide bonds. The summed E-state index contributed by atoms with van der Waals surface area (Å²) in [7, 11) is 1.99. The second kappa shape index (κ2) is 6.38. The number of likely N-dealkylation sites (tertiary alicyclic amines) is 1. The first kappa shape index (κ1) is 15.5. The van der Waals surface area contributed by atoms with Crippen LogP contribution in [0.5, 0.6) is 0 Å². The zero-order valence-corrected chi connectivity index (χ0v) is 13.8. The predicted molar refractivity (Wildman–Crippen MR) is 85.4 cm³/mol. The third kappa shape index (κ3) is 2.90. The van der Waals surface area contributed by atoms with Gasteiger partial charge in [-0.05, 0) is 26.7 Å². The molecule has 3 rings (SSSR count). The summed E-state index contributed by atoms with van der Waals surface area (Å²) in [6.45, 7) is 7.38. The van der Waals surface area contributed by atoms with E-state index in [0.717, 1.165) is 25.5 Å². The van der Waals surface area contributed by atoms with Crippen molar-refractivity contribution in [1.29, 1.82) is 0 Å². The average molecular weight is 305 g/mol. The van der Waals surface area contributed by atoms with E-state index in [1.807, 2.05) is 22.7 Å². The van der Waals surface area contributed by atoms with E-state index in [2.05, 4.69) is 29.0 Å². The molecule has 0 aromatic carbocycles. The highest BCUT2D eigenvalue weighted by Crippen LogP contribution is 2.25. The normalized spacial score (nSPS) is 30.0. The number of nitrogens with zero attached hydrogens (tertiary/aromatic N) is 4. The van der Waals surface area contributed by atoms with Gasteiger partial charge >= 0.3 is 0 Å². The Bertz CT molecular complexity index is 518. The Balaban J connectivity index is 1.73. The molecule has 0 spiro atoms. The molecule has 2 fully saturated rings. The molecule has 0 bridgehead atoms. The largest absolute Gasteiger partial charge is 0.336 e. The monoisotopic (exact) mass is 305 g/mol. The van der Waals surface area contributed by atoms with Crippen LogP contribution in [-0.4, -0.2) is 63.5 Å². The molecule has 3 unspecified atom stereocenters. The standard InChI is InChI=1S/C16H27N5O/c1-12-4-5-13(2)21(12)11-15(22)20-9-6-17-10-14(20)16-18-7-8-19(16)3/h7-8,12-14,17H,4-6,9-11H2,1-3H3. The number of aryl methyl sites for hydroxylation is 1. The molecule has 1 aromatic rings. The van der Waals surface area contributed by atoms with Crippen LogP contribution in [0.1, 0.15) is 38.6 Å². The summed E-state index contributed by atoms with van der Waals surface area (Å²) in [5.74, 6) is 1.19. The highest BCUT2D eigenvalue weighted by atomic mass is 16.2. The van der Waals surface area contributed by atoms with Crippen molar-refractivity contribution < 1.29 is 4.79 Å². The van der Waals surface area contributed by atoms with Crippen LogP contribution in [0.3, 0.4) is 0 Å². The van der Waals surface area contributed by atoms with Gasteiger partial charge in [0.15, 0.2) is 0 Å². The van der Waals surface area contributed by atoms with E-state index >= 15 is 0 Å². The minimum atomic E-state index is 0.0365. The SMILES string of the molecule is CC1CCC(C)N1CC(=O)N1CCNCC1c1nccn1C. The van der Waals surface area contributed by atoms with Crippen molar-refractivity contribution in [3.05, 3.63) is 18.2 Å². The smallest absolute Gasteiger partial charge is 0.237 e. The summed E-state index contributed by atoms with van der Waals surface area (Å²) in [5.41, 5.74) is 0. The van der Waals surface area contributed by atoms with E-state index in [1.165, 1.54) is 12.8 Å². The topological polar surface area (TPSA) is 53.4 Å². The van der Waals surface area contributed by atoms with Gasteiger partial charge in [-0.25, -0.2) is 4.98 Å². The van der Waals surface area contributed by atoms with E-state index in [0.29, 0.717) is 18.6 Å². The molecule has 2 aliphatic heterocycles. The molecule has 2 saturated heterocycles. The Hall–Kier alpha value is -1.40. The van der Waals surface area contributed by atoms with E-state index in [-0.39, 0.29) is 11.9 Å². The van der Waals surface area contributed by atoms with Crippen LogP contribution in [0.25, 0.3) is 0 Å². The Kier molecular flexibility index (Phi) is 4.49. The summed E-state index contributed by atoms with van der Waals surface area (Å²) in [4.78, 5) is 21.7. The van der Waals surface area contributed by atoms with Gasteiger partial charge in [0.05, 0.1) is 6.54 Å². The van der Waals surface area contributed by atoms with Crippen molar-refractivity contribution in [1.82, 2.24) is 24.7 Å². The third-order valence-electron chi connectivity index (χ3n) is 5.17. The first-order chi connectivity index (χ1) is 10.6. The zero-order chi connectivity index (χ0) is 15.7. The molecular formula is C16H27N5O. The van der Waals surface area contributed by atoms with Crippen molar-refractivity contribution in [3.8, 4) is 0 Å². The Morgan fingerprint density at radius 1 is 1.36 bits per heavy atom. The van der Waals surface area contributed by atoms with Crippen LogP contribution in [-0.2, 0) is 11.8 Å². The fourth-order valence-electron chi connectivity index (χ4n) is 3.74. The summed E-state index contributed by atoms with van der Waals surface area (Å²) in [5, 5.41) is 3.39. The van der Waals surface area contributed by atoms with Crippen molar-refractivity contribution in [2.24, 2.45) is 7.05 Å². The van der Waals surface area contributed by atoms with Crippen LogP contribution in [0.15, 0.2) is 12.4 Å². The highest BCUT2D eigenvalue weighted by molar-refractivity contribution is 5.79. The molecule has 122 valence electrons.